The Hall–Kier alpha value is -0.120. The van der Waals surface area contributed by atoms with Crippen LogP contribution in [-0.2, 0) is 0 Å². The predicted molar refractivity (Wildman–Crippen MR) is 98.9 cm³/mol. The quantitative estimate of drug-likeness (QED) is 0.788. The molecule has 0 amide bonds. The van der Waals surface area contributed by atoms with Gasteiger partial charge in [-0.3, -0.25) is 9.80 Å². The molecule has 3 fully saturated rings. The van der Waals surface area contributed by atoms with Crippen molar-refractivity contribution < 1.29 is 0 Å². The zero-order chi connectivity index (χ0) is 16.4. The summed E-state index contributed by atoms with van der Waals surface area (Å²) in [4.78, 5) is 8.14. The van der Waals surface area contributed by atoms with E-state index in [1.165, 1.54) is 77.8 Å². The Kier molecular flexibility index (Phi) is 5.70. The standard InChI is InChI=1S/C20H39N3/c1-17(2)21-11-9-20(10-12-21)7-5-19(6-8-20)23-15-13-22(14-16-23)18(3)4/h17-19H,5-16H2,1-4H3. The highest BCUT2D eigenvalue weighted by Gasteiger charge is 2.39. The summed E-state index contributed by atoms with van der Waals surface area (Å²) >= 11 is 0. The Morgan fingerprint density at radius 2 is 1.13 bits per heavy atom. The lowest BCUT2D eigenvalue weighted by Gasteiger charge is -2.49. The number of nitrogens with zero attached hydrogens (tertiary/aromatic N) is 3. The van der Waals surface area contributed by atoms with Crippen LogP contribution in [0.1, 0.15) is 66.2 Å². The third-order valence-electron chi connectivity index (χ3n) is 7.20. The third kappa shape index (κ3) is 4.11. The highest BCUT2D eigenvalue weighted by molar-refractivity contribution is 4.94. The zero-order valence-electron chi connectivity index (χ0n) is 16.1. The molecule has 0 aromatic heterocycles. The Bertz CT molecular complexity index is 353. The van der Waals surface area contributed by atoms with Crippen molar-refractivity contribution in [1.82, 2.24) is 14.7 Å². The molecule has 3 aliphatic rings. The van der Waals surface area contributed by atoms with Gasteiger partial charge in [0, 0.05) is 44.3 Å². The van der Waals surface area contributed by atoms with E-state index in [0.717, 1.165) is 18.1 Å². The van der Waals surface area contributed by atoms with E-state index in [1.807, 2.05) is 0 Å². The number of hydrogen-bond acceptors (Lipinski definition) is 3. The monoisotopic (exact) mass is 321 g/mol. The van der Waals surface area contributed by atoms with Crippen LogP contribution in [0.2, 0.25) is 0 Å². The molecule has 0 aromatic rings. The summed E-state index contributed by atoms with van der Waals surface area (Å²) in [7, 11) is 0. The van der Waals surface area contributed by atoms with Crippen LogP contribution in [0.3, 0.4) is 0 Å². The number of hydrogen-bond donors (Lipinski definition) is 0. The first-order chi connectivity index (χ1) is 11.0. The molecule has 1 spiro atoms. The lowest BCUT2D eigenvalue weighted by Crippen LogP contribution is -2.54. The van der Waals surface area contributed by atoms with Gasteiger partial charge in [0.05, 0.1) is 0 Å². The van der Waals surface area contributed by atoms with E-state index in [9.17, 15) is 0 Å². The molecule has 1 aliphatic carbocycles. The Labute approximate surface area is 144 Å². The maximum Gasteiger partial charge on any atom is 0.0113 e. The lowest BCUT2D eigenvalue weighted by atomic mass is 9.66. The fraction of sp³-hybridized carbons (Fsp3) is 1.00. The lowest BCUT2D eigenvalue weighted by molar-refractivity contribution is 0.00739. The van der Waals surface area contributed by atoms with Gasteiger partial charge in [0.15, 0.2) is 0 Å². The van der Waals surface area contributed by atoms with Gasteiger partial charge >= 0.3 is 0 Å². The van der Waals surface area contributed by atoms with Crippen molar-refractivity contribution in [3.63, 3.8) is 0 Å². The molecule has 2 saturated heterocycles. The number of piperidine rings is 1. The summed E-state index contributed by atoms with van der Waals surface area (Å²) in [5, 5.41) is 0. The molecule has 0 aromatic carbocycles. The van der Waals surface area contributed by atoms with Gasteiger partial charge in [-0.05, 0) is 84.7 Å². The summed E-state index contributed by atoms with van der Waals surface area (Å²) in [5.74, 6) is 0. The van der Waals surface area contributed by atoms with Crippen LogP contribution in [0.4, 0.5) is 0 Å². The van der Waals surface area contributed by atoms with Gasteiger partial charge in [-0.1, -0.05) is 0 Å². The topological polar surface area (TPSA) is 9.72 Å². The molecule has 1 saturated carbocycles. The zero-order valence-corrected chi connectivity index (χ0v) is 16.1. The number of rotatable bonds is 3. The Morgan fingerprint density at radius 1 is 0.652 bits per heavy atom. The van der Waals surface area contributed by atoms with E-state index in [-0.39, 0.29) is 0 Å². The molecule has 3 heteroatoms. The molecule has 134 valence electrons. The van der Waals surface area contributed by atoms with Crippen molar-refractivity contribution in [2.75, 3.05) is 39.3 Å². The van der Waals surface area contributed by atoms with E-state index in [4.69, 9.17) is 0 Å². The van der Waals surface area contributed by atoms with Crippen molar-refractivity contribution in [3.8, 4) is 0 Å². The van der Waals surface area contributed by atoms with Gasteiger partial charge in [-0.15, -0.1) is 0 Å². The van der Waals surface area contributed by atoms with E-state index >= 15 is 0 Å². The molecule has 0 atom stereocenters. The second-order valence-corrected chi connectivity index (χ2v) is 9.03. The molecule has 0 bridgehead atoms. The minimum atomic E-state index is 0.710. The largest absolute Gasteiger partial charge is 0.301 e. The minimum Gasteiger partial charge on any atom is -0.301 e. The molecule has 23 heavy (non-hydrogen) atoms. The average molecular weight is 322 g/mol. The predicted octanol–water partition coefficient (Wildman–Crippen LogP) is 3.45. The fourth-order valence-corrected chi connectivity index (χ4v) is 5.21. The van der Waals surface area contributed by atoms with Crippen LogP contribution < -0.4 is 0 Å². The molecule has 3 rings (SSSR count). The highest BCUT2D eigenvalue weighted by Crippen LogP contribution is 2.45. The summed E-state index contributed by atoms with van der Waals surface area (Å²) in [6, 6.07) is 2.34. The first-order valence-corrected chi connectivity index (χ1v) is 10.2. The van der Waals surface area contributed by atoms with Gasteiger partial charge in [0.1, 0.15) is 0 Å². The number of piperazine rings is 1. The van der Waals surface area contributed by atoms with Gasteiger partial charge in [0.25, 0.3) is 0 Å². The number of likely N-dealkylation sites (tertiary alicyclic amines) is 1. The van der Waals surface area contributed by atoms with Gasteiger partial charge < -0.3 is 4.90 Å². The maximum absolute atomic E-state index is 2.81. The molecule has 0 N–H and O–H groups in total. The summed E-state index contributed by atoms with van der Waals surface area (Å²) in [5.41, 5.74) is 0.710. The second kappa shape index (κ2) is 7.41. The van der Waals surface area contributed by atoms with Crippen molar-refractivity contribution in [3.05, 3.63) is 0 Å². The van der Waals surface area contributed by atoms with E-state index in [2.05, 4.69) is 42.4 Å². The third-order valence-corrected chi connectivity index (χ3v) is 7.20. The summed E-state index contributed by atoms with van der Waals surface area (Å²) in [6.07, 6.45) is 8.83. The molecular weight excluding hydrogens is 282 g/mol. The SMILES string of the molecule is CC(C)N1CCN(C2CCC3(CC2)CCN(C(C)C)CC3)CC1. The molecule has 0 radical (unpaired) electrons. The average Bonchev–Trinajstić information content (AvgIpc) is 2.56. The van der Waals surface area contributed by atoms with Crippen LogP contribution in [0.5, 0.6) is 0 Å². The van der Waals surface area contributed by atoms with Crippen LogP contribution >= 0.6 is 0 Å². The van der Waals surface area contributed by atoms with E-state index < -0.39 is 0 Å². The molecule has 3 nitrogen and oxygen atoms in total. The van der Waals surface area contributed by atoms with Gasteiger partial charge in [0.2, 0.25) is 0 Å². The molecule has 2 heterocycles. The van der Waals surface area contributed by atoms with Crippen LogP contribution in [0, 0.1) is 5.41 Å². The first kappa shape index (κ1) is 17.7. The fourth-order valence-electron chi connectivity index (χ4n) is 5.21. The summed E-state index contributed by atoms with van der Waals surface area (Å²) in [6.45, 7) is 17.2. The van der Waals surface area contributed by atoms with Crippen LogP contribution in [0.15, 0.2) is 0 Å². The smallest absolute Gasteiger partial charge is 0.0113 e. The summed E-state index contributed by atoms with van der Waals surface area (Å²) < 4.78 is 0. The maximum atomic E-state index is 2.81. The normalized spacial score (nSPS) is 29.0. The van der Waals surface area contributed by atoms with E-state index in [1.54, 1.807) is 0 Å². The van der Waals surface area contributed by atoms with Gasteiger partial charge in [-0.2, -0.15) is 0 Å². The van der Waals surface area contributed by atoms with Crippen LogP contribution in [-0.4, -0.2) is 72.1 Å². The van der Waals surface area contributed by atoms with Crippen molar-refractivity contribution in [2.24, 2.45) is 5.41 Å². The Morgan fingerprint density at radius 3 is 1.61 bits per heavy atom. The van der Waals surface area contributed by atoms with Crippen molar-refractivity contribution in [1.29, 1.82) is 0 Å². The van der Waals surface area contributed by atoms with Crippen molar-refractivity contribution in [2.45, 2.75) is 84.3 Å². The van der Waals surface area contributed by atoms with E-state index in [0.29, 0.717) is 5.41 Å². The first-order valence-electron chi connectivity index (χ1n) is 10.2. The molecular formula is C20H39N3. The van der Waals surface area contributed by atoms with Gasteiger partial charge in [-0.25, -0.2) is 0 Å². The second-order valence-electron chi connectivity index (χ2n) is 9.03. The molecule has 2 aliphatic heterocycles. The highest BCUT2D eigenvalue weighted by atomic mass is 15.3. The molecule has 0 unspecified atom stereocenters. The minimum absolute atomic E-state index is 0.710. The van der Waals surface area contributed by atoms with Crippen LogP contribution in [0.25, 0.3) is 0 Å². The Balaban J connectivity index is 1.44. The van der Waals surface area contributed by atoms with Crippen molar-refractivity contribution >= 4 is 0 Å².